The Morgan fingerprint density at radius 3 is 2.32 bits per heavy atom. The van der Waals surface area contributed by atoms with Gasteiger partial charge in [0.2, 0.25) is 5.91 Å². The monoisotopic (exact) mass is 336 g/mol. The number of nitrogens with zero attached hydrogens (tertiary/aromatic N) is 2. The Balaban J connectivity index is 1.56. The number of carbonyl (C=O) groups excluding carboxylic acids is 1. The van der Waals surface area contributed by atoms with Crippen LogP contribution in [0.2, 0.25) is 0 Å². The van der Waals surface area contributed by atoms with E-state index < -0.39 is 0 Å². The van der Waals surface area contributed by atoms with E-state index in [1.54, 1.807) is 6.92 Å². The lowest BCUT2D eigenvalue weighted by atomic mass is 10.0. The Kier molecular flexibility index (Phi) is 5.87. The predicted octanol–water partition coefficient (Wildman–Crippen LogP) is 4.06. The standard InChI is InChI=1S/C22H28N2O/c1-18-8-6-7-9-20(18)12-15-23-16-13-22(14-17-23)24(19(2)25)21-10-4-3-5-11-21/h3-11,22H,12-17H2,1-2H3. The number of hydrogen-bond acceptors (Lipinski definition) is 2. The summed E-state index contributed by atoms with van der Waals surface area (Å²) in [5.41, 5.74) is 3.84. The van der Waals surface area contributed by atoms with E-state index >= 15 is 0 Å². The van der Waals surface area contributed by atoms with E-state index in [0.717, 1.165) is 44.6 Å². The van der Waals surface area contributed by atoms with Gasteiger partial charge in [0.25, 0.3) is 0 Å². The summed E-state index contributed by atoms with van der Waals surface area (Å²) in [5, 5.41) is 0. The van der Waals surface area contributed by atoms with Crippen molar-refractivity contribution in [3.8, 4) is 0 Å². The first-order valence-corrected chi connectivity index (χ1v) is 9.27. The minimum Gasteiger partial charge on any atom is -0.310 e. The Labute approximate surface area is 151 Å². The molecule has 1 amide bonds. The fraction of sp³-hybridized carbons (Fsp3) is 0.409. The van der Waals surface area contributed by atoms with E-state index in [1.807, 2.05) is 35.2 Å². The molecule has 0 bridgehead atoms. The van der Waals surface area contributed by atoms with Crippen molar-refractivity contribution in [1.82, 2.24) is 4.90 Å². The number of para-hydroxylation sites is 1. The molecule has 3 nitrogen and oxygen atoms in total. The summed E-state index contributed by atoms with van der Waals surface area (Å²) in [7, 11) is 0. The summed E-state index contributed by atoms with van der Waals surface area (Å²) < 4.78 is 0. The van der Waals surface area contributed by atoms with Gasteiger partial charge in [0, 0.05) is 38.3 Å². The lowest BCUT2D eigenvalue weighted by molar-refractivity contribution is -0.117. The predicted molar refractivity (Wildman–Crippen MR) is 104 cm³/mol. The Bertz CT molecular complexity index is 690. The van der Waals surface area contributed by atoms with Gasteiger partial charge in [-0.05, 0) is 49.4 Å². The number of carbonyl (C=O) groups is 1. The lowest BCUT2D eigenvalue weighted by Gasteiger charge is -2.38. The minimum atomic E-state index is 0.143. The van der Waals surface area contributed by atoms with Crippen molar-refractivity contribution in [2.75, 3.05) is 24.5 Å². The molecular weight excluding hydrogens is 308 g/mol. The first-order valence-electron chi connectivity index (χ1n) is 9.27. The van der Waals surface area contributed by atoms with Crippen molar-refractivity contribution in [3.63, 3.8) is 0 Å². The second-order valence-electron chi connectivity index (χ2n) is 6.97. The van der Waals surface area contributed by atoms with Gasteiger partial charge in [0.05, 0.1) is 0 Å². The molecule has 0 N–H and O–H groups in total. The maximum absolute atomic E-state index is 12.2. The zero-order valence-corrected chi connectivity index (χ0v) is 15.3. The largest absolute Gasteiger partial charge is 0.310 e. The number of amides is 1. The van der Waals surface area contributed by atoms with Gasteiger partial charge in [-0.1, -0.05) is 42.5 Å². The second kappa shape index (κ2) is 8.30. The molecular formula is C22H28N2O. The molecule has 1 heterocycles. The average Bonchev–Trinajstić information content (AvgIpc) is 2.63. The first kappa shape index (κ1) is 17.7. The van der Waals surface area contributed by atoms with Gasteiger partial charge in [0.1, 0.15) is 0 Å². The molecule has 2 aromatic rings. The van der Waals surface area contributed by atoms with E-state index in [2.05, 4.69) is 36.1 Å². The SMILES string of the molecule is CC(=O)N(c1ccccc1)C1CCN(CCc2ccccc2C)CC1. The van der Waals surface area contributed by atoms with Crippen molar-refractivity contribution in [1.29, 1.82) is 0 Å². The van der Waals surface area contributed by atoms with Crippen molar-refractivity contribution in [2.45, 2.75) is 39.2 Å². The van der Waals surface area contributed by atoms with Gasteiger partial charge >= 0.3 is 0 Å². The van der Waals surface area contributed by atoms with Crippen LogP contribution in [0.15, 0.2) is 54.6 Å². The zero-order chi connectivity index (χ0) is 17.6. The molecule has 1 aliphatic heterocycles. The molecule has 132 valence electrons. The summed E-state index contributed by atoms with van der Waals surface area (Å²) in [6, 6.07) is 19.0. The normalized spacial score (nSPS) is 15.9. The summed E-state index contributed by atoms with van der Waals surface area (Å²) in [6.45, 7) is 7.09. The smallest absolute Gasteiger partial charge is 0.224 e. The highest BCUT2D eigenvalue weighted by Crippen LogP contribution is 2.24. The first-order chi connectivity index (χ1) is 12.1. The highest BCUT2D eigenvalue weighted by molar-refractivity contribution is 5.92. The molecule has 0 aliphatic carbocycles. The second-order valence-corrected chi connectivity index (χ2v) is 6.97. The van der Waals surface area contributed by atoms with Gasteiger partial charge in [-0.25, -0.2) is 0 Å². The molecule has 0 atom stereocenters. The molecule has 25 heavy (non-hydrogen) atoms. The number of aryl methyl sites for hydroxylation is 1. The van der Waals surface area contributed by atoms with Crippen molar-refractivity contribution in [2.24, 2.45) is 0 Å². The molecule has 0 saturated carbocycles. The van der Waals surface area contributed by atoms with Gasteiger partial charge in [-0.15, -0.1) is 0 Å². The van der Waals surface area contributed by atoms with Crippen LogP contribution in [-0.2, 0) is 11.2 Å². The molecule has 0 spiro atoms. The summed E-state index contributed by atoms with van der Waals surface area (Å²) in [5.74, 6) is 0.143. The van der Waals surface area contributed by atoms with Crippen LogP contribution in [0.3, 0.4) is 0 Å². The van der Waals surface area contributed by atoms with Crippen molar-refractivity contribution >= 4 is 11.6 Å². The number of piperidine rings is 1. The van der Waals surface area contributed by atoms with Crippen LogP contribution < -0.4 is 4.90 Å². The van der Waals surface area contributed by atoms with Crippen LogP contribution in [0.4, 0.5) is 5.69 Å². The summed E-state index contributed by atoms with van der Waals surface area (Å²) in [6.07, 6.45) is 3.19. The van der Waals surface area contributed by atoms with Crippen molar-refractivity contribution in [3.05, 3.63) is 65.7 Å². The van der Waals surface area contributed by atoms with Crippen LogP contribution in [0.25, 0.3) is 0 Å². The Hall–Kier alpha value is -2.13. The molecule has 1 saturated heterocycles. The Morgan fingerprint density at radius 2 is 1.68 bits per heavy atom. The maximum atomic E-state index is 12.2. The third-order valence-corrected chi connectivity index (χ3v) is 5.25. The van der Waals surface area contributed by atoms with Crippen molar-refractivity contribution < 1.29 is 4.79 Å². The molecule has 0 radical (unpaired) electrons. The molecule has 1 fully saturated rings. The average molecular weight is 336 g/mol. The topological polar surface area (TPSA) is 23.6 Å². The minimum absolute atomic E-state index is 0.143. The fourth-order valence-electron chi connectivity index (χ4n) is 3.81. The Morgan fingerprint density at radius 1 is 1.04 bits per heavy atom. The van der Waals surface area contributed by atoms with E-state index in [1.165, 1.54) is 11.1 Å². The summed E-state index contributed by atoms with van der Waals surface area (Å²) in [4.78, 5) is 16.7. The zero-order valence-electron chi connectivity index (χ0n) is 15.3. The fourth-order valence-corrected chi connectivity index (χ4v) is 3.81. The highest BCUT2D eigenvalue weighted by atomic mass is 16.2. The maximum Gasteiger partial charge on any atom is 0.224 e. The van der Waals surface area contributed by atoms with Crippen LogP contribution in [-0.4, -0.2) is 36.5 Å². The number of rotatable bonds is 5. The quantitative estimate of drug-likeness (QED) is 0.822. The number of anilines is 1. The molecule has 0 aromatic heterocycles. The van der Waals surface area contributed by atoms with Crippen LogP contribution in [0.1, 0.15) is 30.9 Å². The molecule has 2 aromatic carbocycles. The number of hydrogen-bond donors (Lipinski definition) is 0. The van der Waals surface area contributed by atoms with Gasteiger partial charge < -0.3 is 9.80 Å². The molecule has 1 aliphatic rings. The molecule has 3 heteroatoms. The summed E-state index contributed by atoms with van der Waals surface area (Å²) >= 11 is 0. The van der Waals surface area contributed by atoms with E-state index in [0.29, 0.717) is 6.04 Å². The molecule has 3 rings (SSSR count). The van der Waals surface area contributed by atoms with Gasteiger partial charge in [0.15, 0.2) is 0 Å². The third-order valence-electron chi connectivity index (χ3n) is 5.25. The third kappa shape index (κ3) is 4.49. The molecule has 0 unspecified atom stereocenters. The number of likely N-dealkylation sites (tertiary alicyclic amines) is 1. The number of benzene rings is 2. The van der Waals surface area contributed by atoms with E-state index in [4.69, 9.17) is 0 Å². The van der Waals surface area contributed by atoms with Gasteiger partial charge in [-0.3, -0.25) is 4.79 Å². The van der Waals surface area contributed by atoms with Crippen LogP contribution in [0.5, 0.6) is 0 Å². The lowest BCUT2D eigenvalue weighted by Crippen LogP contribution is -2.47. The highest BCUT2D eigenvalue weighted by Gasteiger charge is 2.27. The van der Waals surface area contributed by atoms with Crippen LogP contribution in [0, 0.1) is 6.92 Å². The van der Waals surface area contributed by atoms with Gasteiger partial charge in [-0.2, -0.15) is 0 Å². The van der Waals surface area contributed by atoms with E-state index in [-0.39, 0.29) is 5.91 Å². The van der Waals surface area contributed by atoms with Crippen LogP contribution >= 0.6 is 0 Å². The van der Waals surface area contributed by atoms with E-state index in [9.17, 15) is 4.79 Å².